The standard InChI is InChI=1S/C16H20N4O2/c1-3-10-21-13-6-4-12(5-7-13)16-18-15(19-22-16)14-11-17-8-9-20(14)2/h3-7,14,17H,1,8-11H2,2H3. The van der Waals surface area contributed by atoms with Crippen LogP contribution in [0.1, 0.15) is 11.9 Å². The lowest BCUT2D eigenvalue weighted by molar-refractivity contribution is 0.190. The third-order valence-electron chi connectivity index (χ3n) is 3.72. The lowest BCUT2D eigenvalue weighted by Crippen LogP contribution is -2.44. The fraction of sp³-hybridized carbons (Fsp3) is 0.375. The minimum Gasteiger partial charge on any atom is -0.490 e. The Morgan fingerprint density at radius 1 is 1.45 bits per heavy atom. The third kappa shape index (κ3) is 3.18. The van der Waals surface area contributed by atoms with Gasteiger partial charge in [0.15, 0.2) is 5.82 Å². The van der Waals surface area contributed by atoms with Crippen LogP contribution in [0.2, 0.25) is 0 Å². The highest BCUT2D eigenvalue weighted by molar-refractivity contribution is 5.54. The Hall–Kier alpha value is -2.18. The van der Waals surface area contributed by atoms with Crippen molar-refractivity contribution in [3.05, 3.63) is 42.7 Å². The highest BCUT2D eigenvalue weighted by atomic mass is 16.5. The van der Waals surface area contributed by atoms with Gasteiger partial charge in [-0.2, -0.15) is 4.98 Å². The van der Waals surface area contributed by atoms with Crippen molar-refractivity contribution in [3.63, 3.8) is 0 Å². The van der Waals surface area contributed by atoms with Crippen LogP contribution in [-0.2, 0) is 0 Å². The molecule has 0 spiro atoms. The highest BCUT2D eigenvalue weighted by Gasteiger charge is 2.25. The van der Waals surface area contributed by atoms with Crippen molar-refractivity contribution in [1.82, 2.24) is 20.4 Å². The van der Waals surface area contributed by atoms with Crippen LogP contribution in [-0.4, -0.2) is 48.3 Å². The first-order valence-electron chi connectivity index (χ1n) is 7.36. The summed E-state index contributed by atoms with van der Waals surface area (Å²) in [6, 6.07) is 7.76. The van der Waals surface area contributed by atoms with Gasteiger partial charge in [0.1, 0.15) is 12.4 Å². The maximum Gasteiger partial charge on any atom is 0.257 e. The van der Waals surface area contributed by atoms with Crippen molar-refractivity contribution in [1.29, 1.82) is 0 Å². The lowest BCUT2D eigenvalue weighted by Gasteiger charge is -2.30. The summed E-state index contributed by atoms with van der Waals surface area (Å²) in [4.78, 5) is 6.76. The maximum absolute atomic E-state index is 5.46. The van der Waals surface area contributed by atoms with Crippen molar-refractivity contribution < 1.29 is 9.26 Å². The van der Waals surface area contributed by atoms with E-state index in [2.05, 4.69) is 34.0 Å². The smallest absolute Gasteiger partial charge is 0.257 e. The number of aromatic nitrogens is 2. The fourth-order valence-corrected chi connectivity index (χ4v) is 2.43. The van der Waals surface area contributed by atoms with Gasteiger partial charge in [-0.15, -0.1) is 0 Å². The van der Waals surface area contributed by atoms with Crippen LogP contribution < -0.4 is 10.1 Å². The van der Waals surface area contributed by atoms with E-state index in [1.165, 1.54) is 0 Å². The van der Waals surface area contributed by atoms with E-state index in [0.717, 1.165) is 36.8 Å². The topological polar surface area (TPSA) is 63.4 Å². The lowest BCUT2D eigenvalue weighted by atomic mass is 10.2. The average molecular weight is 300 g/mol. The van der Waals surface area contributed by atoms with E-state index in [-0.39, 0.29) is 6.04 Å². The predicted octanol–water partition coefficient (Wildman–Crippen LogP) is 1.88. The van der Waals surface area contributed by atoms with Gasteiger partial charge in [-0.1, -0.05) is 17.8 Å². The number of likely N-dealkylation sites (N-methyl/N-ethyl adjacent to an activating group) is 1. The van der Waals surface area contributed by atoms with Crippen LogP contribution in [0.4, 0.5) is 0 Å². The van der Waals surface area contributed by atoms with Crippen LogP contribution in [0.5, 0.6) is 5.75 Å². The van der Waals surface area contributed by atoms with E-state index in [9.17, 15) is 0 Å². The molecule has 116 valence electrons. The Kier molecular flexibility index (Phi) is 4.50. The summed E-state index contributed by atoms with van der Waals surface area (Å²) in [5, 5.41) is 7.48. The van der Waals surface area contributed by atoms with Gasteiger partial charge in [0.2, 0.25) is 0 Å². The van der Waals surface area contributed by atoms with Gasteiger partial charge in [0.05, 0.1) is 6.04 Å². The molecule has 22 heavy (non-hydrogen) atoms. The molecule has 1 aliphatic rings. The average Bonchev–Trinajstić information content (AvgIpc) is 3.03. The highest BCUT2D eigenvalue weighted by Crippen LogP contribution is 2.24. The van der Waals surface area contributed by atoms with Crippen molar-refractivity contribution in [2.75, 3.05) is 33.3 Å². The van der Waals surface area contributed by atoms with Crippen molar-refractivity contribution in [2.24, 2.45) is 0 Å². The SMILES string of the molecule is C=CCOc1ccc(-c2nc(C3CNCCN3C)no2)cc1. The molecule has 1 aromatic heterocycles. The minimum absolute atomic E-state index is 0.154. The Balaban J connectivity index is 1.74. The van der Waals surface area contributed by atoms with Crippen LogP contribution in [0.3, 0.4) is 0 Å². The van der Waals surface area contributed by atoms with E-state index in [1.54, 1.807) is 6.08 Å². The second-order valence-corrected chi connectivity index (χ2v) is 5.28. The Morgan fingerprint density at radius 2 is 2.27 bits per heavy atom. The van der Waals surface area contributed by atoms with Gasteiger partial charge in [-0.3, -0.25) is 4.90 Å². The van der Waals surface area contributed by atoms with E-state index in [1.807, 2.05) is 24.3 Å². The largest absolute Gasteiger partial charge is 0.490 e. The van der Waals surface area contributed by atoms with E-state index in [0.29, 0.717) is 12.5 Å². The minimum atomic E-state index is 0.154. The molecule has 1 saturated heterocycles. The number of piperazine rings is 1. The van der Waals surface area contributed by atoms with Crippen molar-refractivity contribution in [3.8, 4) is 17.2 Å². The molecule has 0 amide bonds. The van der Waals surface area contributed by atoms with Crippen molar-refractivity contribution in [2.45, 2.75) is 6.04 Å². The number of nitrogens with one attached hydrogen (secondary N) is 1. The second kappa shape index (κ2) is 6.72. The summed E-state index contributed by atoms with van der Waals surface area (Å²) in [5.41, 5.74) is 0.885. The molecule has 0 aliphatic carbocycles. The summed E-state index contributed by atoms with van der Waals surface area (Å²) in [7, 11) is 2.08. The van der Waals surface area contributed by atoms with E-state index < -0.39 is 0 Å². The Bertz CT molecular complexity index is 623. The van der Waals surface area contributed by atoms with Crippen LogP contribution in [0.25, 0.3) is 11.5 Å². The van der Waals surface area contributed by atoms with E-state index in [4.69, 9.17) is 9.26 Å². The van der Waals surface area contributed by atoms with Crippen LogP contribution in [0.15, 0.2) is 41.4 Å². The Morgan fingerprint density at radius 3 is 3.00 bits per heavy atom. The number of rotatable bonds is 5. The predicted molar refractivity (Wildman–Crippen MR) is 83.7 cm³/mol. The van der Waals surface area contributed by atoms with Gasteiger partial charge >= 0.3 is 0 Å². The van der Waals surface area contributed by atoms with E-state index >= 15 is 0 Å². The normalized spacial score (nSPS) is 19.0. The first kappa shape index (κ1) is 14.7. The fourth-order valence-electron chi connectivity index (χ4n) is 2.43. The van der Waals surface area contributed by atoms with Crippen LogP contribution >= 0.6 is 0 Å². The molecule has 1 atom stereocenters. The molecule has 2 aromatic rings. The van der Waals surface area contributed by atoms with Gasteiger partial charge < -0.3 is 14.6 Å². The quantitative estimate of drug-likeness (QED) is 0.851. The number of nitrogens with zero attached hydrogens (tertiary/aromatic N) is 3. The molecular weight excluding hydrogens is 280 g/mol. The molecule has 0 radical (unpaired) electrons. The zero-order valence-corrected chi connectivity index (χ0v) is 12.7. The van der Waals surface area contributed by atoms with Gasteiger partial charge in [-0.25, -0.2) is 0 Å². The van der Waals surface area contributed by atoms with Gasteiger partial charge in [-0.05, 0) is 31.3 Å². The molecule has 6 heteroatoms. The number of benzene rings is 1. The first-order valence-corrected chi connectivity index (χ1v) is 7.36. The monoisotopic (exact) mass is 300 g/mol. The summed E-state index contributed by atoms with van der Waals surface area (Å²) in [6.45, 7) is 6.92. The van der Waals surface area contributed by atoms with Crippen molar-refractivity contribution >= 4 is 0 Å². The molecule has 1 fully saturated rings. The molecule has 6 nitrogen and oxygen atoms in total. The molecule has 1 aromatic carbocycles. The first-order chi connectivity index (χ1) is 10.8. The van der Waals surface area contributed by atoms with Crippen LogP contribution in [0, 0.1) is 0 Å². The summed E-state index contributed by atoms with van der Waals surface area (Å²) in [6.07, 6.45) is 1.72. The maximum atomic E-state index is 5.46. The second-order valence-electron chi connectivity index (χ2n) is 5.28. The Labute approximate surface area is 129 Å². The third-order valence-corrected chi connectivity index (χ3v) is 3.72. The number of hydrogen-bond donors (Lipinski definition) is 1. The summed E-state index contributed by atoms with van der Waals surface area (Å²) < 4.78 is 10.9. The molecule has 2 heterocycles. The summed E-state index contributed by atoms with van der Waals surface area (Å²) >= 11 is 0. The molecular formula is C16H20N4O2. The number of ether oxygens (including phenoxy) is 1. The van der Waals surface area contributed by atoms with Gasteiger partial charge in [0, 0.05) is 25.2 Å². The zero-order chi connectivity index (χ0) is 15.4. The molecule has 0 saturated carbocycles. The molecule has 1 N–H and O–H groups in total. The number of hydrogen-bond acceptors (Lipinski definition) is 6. The molecule has 0 bridgehead atoms. The molecule has 1 aliphatic heterocycles. The van der Waals surface area contributed by atoms with Gasteiger partial charge in [0.25, 0.3) is 5.89 Å². The molecule has 3 rings (SSSR count). The zero-order valence-electron chi connectivity index (χ0n) is 12.7. The summed E-state index contributed by atoms with van der Waals surface area (Å²) in [5.74, 6) is 2.04. The molecule has 1 unspecified atom stereocenters.